The Morgan fingerprint density at radius 3 is 2.78 bits per heavy atom. The molecule has 1 fully saturated rings. The lowest BCUT2D eigenvalue weighted by atomic mass is 10.1. The van der Waals surface area contributed by atoms with Crippen molar-refractivity contribution in [1.29, 1.82) is 0 Å². The third kappa shape index (κ3) is 6.01. The van der Waals surface area contributed by atoms with Crippen molar-refractivity contribution in [2.75, 3.05) is 43.2 Å². The molecule has 1 aliphatic heterocycles. The van der Waals surface area contributed by atoms with Gasteiger partial charge in [0.15, 0.2) is 5.82 Å². The molecule has 0 atom stereocenters. The van der Waals surface area contributed by atoms with Gasteiger partial charge in [0.1, 0.15) is 5.82 Å². The average molecular weight is 433 g/mol. The first-order chi connectivity index (χ1) is 15.7. The monoisotopic (exact) mass is 432 g/mol. The minimum atomic E-state index is 0.316. The van der Waals surface area contributed by atoms with Crippen molar-refractivity contribution in [3.63, 3.8) is 0 Å². The van der Waals surface area contributed by atoms with Crippen LogP contribution in [0.15, 0.2) is 59.8 Å². The highest BCUT2D eigenvalue weighted by Gasteiger charge is 2.16. The normalized spacial score (nSPS) is 14.3. The average Bonchev–Trinajstić information content (AvgIpc) is 2.84. The zero-order valence-electron chi connectivity index (χ0n) is 18.5. The number of nitrogens with zero attached hydrogens (tertiary/aromatic N) is 5. The maximum Gasteiger partial charge on any atom is 0.320 e. The molecule has 2 aromatic heterocycles. The van der Waals surface area contributed by atoms with Gasteiger partial charge in [-0.15, -0.1) is 0 Å². The van der Waals surface area contributed by atoms with Crippen molar-refractivity contribution in [2.24, 2.45) is 5.10 Å². The summed E-state index contributed by atoms with van der Waals surface area (Å²) >= 11 is 0. The number of hydrogen-bond acceptors (Lipinski definition) is 8. The summed E-state index contributed by atoms with van der Waals surface area (Å²) in [6.45, 7) is 7.37. The fourth-order valence-electron chi connectivity index (χ4n) is 3.36. The van der Waals surface area contributed by atoms with E-state index in [1.807, 2.05) is 43.3 Å². The zero-order chi connectivity index (χ0) is 22.2. The molecule has 166 valence electrons. The predicted octanol–water partition coefficient (Wildman–Crippen LogP) is 3.47. The largest absolute Gasteiger partial charge is 0.463 e. The van der Waals surface area contributed by atoms with Gasteiger partial charge in [-0.3, -0.25) is 10.4 Å². The number of morpholine rings is 1. The summed E-state index contributed by atoms with van der Waals surface area (Å²) < 4.78 is 11.4. The van der Waals surface area contributed by atoms with Crippen molar-refractivity contribution < 1.29 is 9.47 Å². The van der Waals surface area contributed by atoms with E-state index in [0.29, 0.717) is 38.1 Å². The summed E-state index contributed by atoms with van der Waals surface area (Å²) in [7, 11) is 0. The van der Waals surface area contributed by atoms with Crippen LogP contribution < -0.4 is 15.1 Å². The van der Waals surface area contributed by atoms with Crippen LogP contribution in [0.25, 0.3) is 0 Å². The van der Waals surface area contributed by atoms with Crippen molar-refractivity contribution in [3.8, 4) is 6.01 Å². The van der Waals surface area contributed by atoms with Crippen molar-refractivity contribution in [1.82, 2.24) is 15.0 Å². The molecule has 0 amide bonds. The van der Waals surface area contributed by atoms with Gasteiger partial charge in [-0.1, -0.05) is 35.9 Å². The summed E-state index contributed by atoms with van der Waals surface area (Å²) in [6, 6.07) is 16.3. The van der Waals surface area contributed by atoms with Crippen LogP contribution in [0, 0.1) is 6.92 Å². The van der Waals surface area contributed by atoms with E-state index in [4.69, 9.17) is 9.47 Å². The predicted molar refractivity (Wildman–Crippen MR) is 126 cm³/mol. The Balaban J connectivity index is 1.50. The summed E-state index contributed by atoms with van der Waals surface area (Å²) in [4.78, 5) is 15.6. The molecule has 1 saturated heterocycles. The number of nitrogens with one attached hydrogen (secondary N) is 1. The molecule has 32 heavy (non-hydrogen) atoms. The van der Waals surface area contributed by atoms with Crippen LogP contribution in [0.1, 0.15) is 23.7 Å². The lowest BCUT2D eigenvalue weighted by molar-refractivity contribution is 0.122. The molecular formula is C24H28N6O2. The first-order valence-corrected chi connectivity index (χ1v) is 10.8. The summed E-state index contributed by atoms with van der Waals surface area (Å²) in [5.41, 5.74) is 7.17. The van der Waals surface area contributed by atoms with E-state index >= 15 is 0 Å². The maximum absolute atomic E-state index is 5.88. The van der Waals surface area contributed by atoms with Crippen LogP contribution in [-0.2, 0) is 11.2 Å². The Labute approximate surface area is 188 Å². The summed E-state index contributed by atoms with van der Waals surface area (Å²) in [5, 5.41) is 4.53. The van der Waals surface area contributed by atoms with E-state index in [0.717, 1.165) is 35.9 Å². The molecule has 4 rings (SSSR count). The molecule has 3 aromatic rings. The zero-order valence-corrected chi connectivity index (χ0v) is 18.5. The Morgan fingerprint density at radius 1 is 1.12 bits per heavy atom. The van der Waals surface area contributed by atoms with Gasteiger partial charge in [-0.25, -0.2) is 0 Å². The van der Waals surface area contributed by atoms with Gasteiger partial charge in [-0.2, -0.15) is 15.1 Å². The smallest absolute Gasteiger partial charge is 0.320 e. The molecule has 8 nitrogen and oxygen atoms in total. The van der Waals surface area contributed by atoms with Crippen LogP contribution in [-0.4, -0.2) is 53.6 Å². The van der Waals surface area contributed by atoms with E-state index in [1.165, 1.54) is 5.56 Å². The van der Waals surface area contributed by atoms with E-state index in [1.54, 1.807) is 6.20 Å². The molecule has 0 aliphatic carbocycles. The number of aryl methyl sites for hydroxylation is 1. The van der Waals surface area contributed by atoms with Crippen LogP contribution in [0.5, 0.6) is 6.01 Å². The SMILES string of the molecule is CC(=NNc1cc(N2CCOCC2)nc(OCCc2ccccn2)n1)c1cccc(C)c1. The minimum absolute atomic E-state index is 0.316. The molecule has 1 N–H and O–H groups in total. The van der Waals surface area contributed by atoms with Gasteiger partial charge in [0.05, 0.1) is 25.5 Å². The molecule has 0 radical (unpaired) electrons. The minimum Gasteiger partial charge on any atom is -0.463 e. The van der Waals surface area contributed by atoms with Gasteiger partial charge in [-0.05, 0) is 31.5 Å². The molecule has 0 unspecified atom stereocenters. The number of pyridine rings is 1. The van der Waals surface area contributed by atoms with Crippen LogP contribution in [0.3, 0.4) is 0 Å². The third-order valence-corrected chi connectivity index (χ3v) is 5.12. The van der Waals surface area contributed by atoms with Crippen molar-refractivity contribution in [3.05, 3.63) is 71.5 Å². The maximum atomic E-state index is 5.88. The second-order valence-corrected chi connectivity index (χ2v) is 7.59. The molecule has 0 spiro atoms. The first-order valence-electron chi connectivity index (χ1n) is 10.8. The second-order valence-electron chi connectivity index (χ2n) is 7.59. The van der Waals surface area contributed by atoms with Crippen LogP contribution in [0.2, 0.25) is 0 Å². The number of ether oxygens (including phenoxy) is 2. The number of hydrogen-bond donors (Lipinski definition) is 1. The van der Waals surface area contributed by atoms with Gasteiger partial charge < -0.3 is 14.4 Å². The second kappa shape index (κ2) is 10.7. The van der Waals surface area contributed by atoms with Crippen LogP contribution >= 0.6 is 0 Å². The Morgan fingerprint density at radius 2 is 2.00 bits per heavy atom. The summed E-state index contributed by atoms with van der Waals surface area (Å²) in [5.74, 6) is 1.38. The molecule has 0 bridgehead atoms. The van der Waals surface area contributed by atoms with Crippen molar-refractivity contribution >= 4 is 17.3 Å². The molecule has 8 heteroatoms. The molecule has 3 heterocycles. The van der Waals surface area contributed by atoms with Gasteiger partial charge in [0.2, 0.25) is 0 Å². The lowest BCUT2D eigenvalue weighted by Gasteiger charge is -2.28. The van der Waals surface area contributed by atoms with Gasteiger partial charge in [0.25, 0.3) is 0 Å². The van der Waals surface area contributed by atoms with Crippen molar-refractivity contribution in [2.45, 2.75) is 20.3 Å². The van der Waals surface area contributed by atoms with Gasteiger partial charge >= 0.3 is 6.01 Å². The highest BCUT2D eigenvalue weighted by Crippen LogP contribution is 2.21. The number of rotatable bonds is 8. The number of benzene rings is 1. The standard InChI is InChI=1S/C24H28N6O2/c1-18-6-5-7-20(16-18)19(2)28-29-22-17-23(30-11-14-31-15-12-30)27-24(26-22)32-13-9-21-8-3-4-10-25-21/h3-8,10,16-17H,9,11-15H2,1-2H3,(H,26,27,29). The third-order valence-electron chi connectivity index (χ3n) is 5.12. The molecule has 1 aromatic carbocycles. The number of hydrazone groups is 1. The van der Waals surface area contributed by atoms with E-state index in [2.05, 4.69) is 49.4 Å². The molecule has 0 saturated carbocycles. The lowest BCUT2D eigenvalue weighted by Crippen LogP contribution is -2.36. The molecular weight excluding hydrogens is 404 g/mol. The van der Waals surface area contributed by atoms with E-state index in [9.17, 15) is 0 Å². The topological polar surface area (TPSA) is 84.8 Å². The number of aromatic nitrogens is 3. The fraction of sp³-hybridized carbons (Fsp3) is 0.333. The highest BCUT2D eigenvalue weighted by molar-refractivity contribution is 5.99. The first kappa shape index (κ1) is 21.7. The quantitative estimate of drug-likeness (QED) is 0.431. The number of anilines is 2. The van der Waals surface area contributed by atoms with E-state index in [-0.39, 0.29) is 0 Å². The van der Waals surface area contributed by atoms with Crippen LogP contribution in [0.4, 0.5) is 11.6 Å². The van der Waals surface area contributed by atoms with E-state index < -0.39 is 0 Å². The van der Waals surface area contributed by atoms with Gasteiger partial charge in [0, 0.05) is 37.5 Å². The molecule has 1 aliphatic rings. The Kier molecular flexibility index (Phi) is 7.24. The Hall–Kier alpha value is -3.52. The highest BCUT2D eigenvalue weighted by atomic mass is 16.5. The fourth-order valence-corrected chi connectivity index (χ4v) is 3.36. The summed E-state index contributed by atoms with van der Waals surface area (Å²) in [6.07, 6.45) is 2.46. The Bertz CT molecular complexity index is 1050.